The number of aliphatic carboxylic acids is 1. The lowest BCUT2D eigenvalue weighted by molar-refractivity contribution is -0.144. The maximum Gasteiger partial charge on any atom is 0.306 e. The van der Waals surface area contributed by atoms with E-state index < -0.39 is 24.3 Å². The van der Waals surface area contributed by atoms with E-state index >= 15 is 0 Å². The number of aliphatic hydroxyl groups excluding tert-OH is 2. The molecule has 0 radical (unpaired) electrons. The number of carbonyl (C=O) groups is 1. The van der Waals surface area contributed by atoms with Gasteiger partial charge in [0, 0.05) is 11.8 Å². The van der Waals surface area contributed by atoms with Gasteiger partial charge in [0.15, 0.2) is 0 Å². The van der Waals surface area contributed by atoms with E-state index in [1.54, 1.807) is 0 Å². The minimum absolute atomic E-state index is 0.101. The third-order valence-electron chi connectivity index (χ3n) is 3.20. The van der Waals surface area contributed by atoms with Crippen LogP contribution in [0, 0.1) is 17.8 Å². The second-order valence-electron chi connectivity index (χ2n) is 3.82. The Bertz CT molecular complexity index is 232. The van der Waals surface area contributed by atoms with E-state index in [1.807, 2.05) is 0 Å². The third kappa shape index (κ3) is 1.23. The van der Waals surface area contributed by atoms with Crippen LogP contribution in [0.2, 0.25) is 0 Å². The largest absolute Gasteiger partial charge is 0.481 e. The molecule has 1 aliphatic heterocycles. The van der Waals surface area contributed by atoms with Crippen molar-refractivity contribution < 1.29 is 20.1 Å². The second-order valence-corrected chi connectivity index (χ2v) is 3.82. The highest BCUT2D eigenvalue weighted by Crippen LogP contribution is 2.43. The number of carboxylic acids is 1. The van der Waals surface area contributed by atoms with Crippen LogP contribution >= 0.6 is 0 Å². The molecule has 5 atom stereocenters. The van der Waals surface area contributed by atoms with Gasteiger partial charge in [0.25, 0.3) is 0 Å². The number of rotatable bonds is 1. The van der Waals surface area contributed by atoms with Crippen molar-refractivity contribution in [2.45, 2.75) is 25.3 Å². The van der Waals surface area contributed by atoms with E-state index in [9.17, 15) is 15.0 Å². The minimum Gasteiger partial charge on any atom is -0.481 e. The lowest BCUT2D eigenvalue weighted by atomic mass is 9.90. The lowest BCUT2D eigenvalue weighted by Crippen LogP contribution is -2.34. The summed E-state index contributed by atoms with van der Waals surface area (Å²) in [5, 5.41) is 30.3. The molecule has 0 aromatic rings. The smallest absolute Gasteiger partial charge is 0.306 e. The Morgan fingerprint density at radius 3 is 2.54 bits per heavy atom. The van der Waals surface area contributed by atoms with Gasteiger partial charge in [-0.25, -0.2) is 0 Å². The first-order valence-electron chi connectivity index (χ1n) is 4.46. The Morgan fingerprint density at radius 2 is 1.92 bits per heavy atom. The Balaban J connectivity index is 2.17. The van der Waals surface area contributed by atoms with Crippen LogP contribution in [0.1, 0.15) is 12.8 Å². The number of fused-ring (bicyclic) bond motifs is 1. The predicted molar refractivity (Wildman–Crippen MR) is 42.5 cm³/mol. The van der Waals surface area contributed by atoms with E-state index in [0.29, 0.717) is 12.8 Å². The molecule has 4 N–H and O–H groups in total. The highest BCUT2D eigenvalue weighted by atomic mass is 16.4. The van der Waals surface area contributed by atoms with Gasteiger partial charge in [0.1, 0.15) is 12.5 Å². The molecule has 1 saturated carbocycles. The van der Waals surface area contributed by atoms with E-state index in [0.717, 1.165) is 0 Å². The molecule has 5 unspecified atom stereocenters. The average Bonchev–Trinajstić information content (AvgIpc) is 2.55. The zero-order valence-electron chi connectivity index (χ0n) is 7.05. The van der Waals surface area contributed by atoms with Crippen molar-refractivity contribution in [2.75, 3.05) is 0 Å². The normalized spacial score (nSPS) is 49.2. The topological polar surface area (TPSA) is 89.8 Å². The van der Waals surface area contributed by atoms with Gasteiger partial charge in [-0.3, -0.25) is 10.1 Å². The molecule has 0 amide bonds. The van der Waals surface area contributed by atoms with Crippen molar-refractivity contribution in [1.82, 2.24) is 5.32 Å². The van der Waals surface area contributed by atoms with Crippen LogP contribution in [0.5, 0.6) is 0 Å². The fourth-order valence-electron chi connectivity index (χ4n) is 2.58. The summed E-state index contributed by atoms with van der Waals surface area (Å²) in [6.07, 6.45) is -0.388. The van der Waals surface area contributed by atoms with Crippen molar-refractivity contribution >= 4 is 5.97 Å². The van der Waals surface area contributed by atoms with Gasteiger partial charge in [-0.15, -0.1) is 0 Å². The van der Waals surface area contributed by atoms with Crippen molar-refractivity contribution in [3.05, 3.63) is 0 Å². The first-order valence-corrected chi connectivity index (χ1v) is 4.46. The summed E-state index contributed by atoms with van der Waals surface area (Å²) >= 11 is 0. The first kappa shape index (κ1) is 8.93. The summed E-state index contributed by atoms with van der Waals surface area (Å²) in [7, 11) is 0. The molecule has 2 aliphatic rings. The molecule has 0 aromatic carbocycles. The molecular weight excluding hydrogens is 174 g/mol. The number of carboxylic acid groups (broad SMARTS) is 1. The summed E-state index contributed by atoms with van der Waals surface area (Å²) in [5.41, 5.74) is 0. The summed E-state index contributed by atoms with van der Waals surface area (Å²) in [5.74, 6) is -1.81. The van der Waals surface area contributed by atoms with Gasteiger partial charge >= 0.3 is 5.97 Å². The zero-order chi connectivity index (χ0) is 9.59. The third-order valence-corrected chi connectivity index (χ3v) is 3.20. The van der Waals surface area contributed by atoms with Gasteiger partial charge in [-0.1, -0.05) is 0 Å². The zero-order valence-corrected chi connectivity index (χ0v) is 7.05. The second kappa shape index (κ2) is 2.94. The SMILES string of the molecule is O=C(O)C1CCC2C(O)NC(O)C12. The van der Waals surface area contributed by atoms with Crippen molar-refractivity contribution in [2.24, 2.45) is 17.8 Å². The van der Waals surface area contributed by atoms with E-state index in [4.69, 9.17) is 5.11 Å². The molecule has 1 saturated heterocycles. The summed E-state index contributed by atoms with van der Waals surface area (Å²) < 4.78 is 0. The summed E-state index contributed by atoms with van der Waals surface area (Å²) in [4.78, 5) is 10.8. The molecular formula is C8H13NO4. The average molecular weight is 187 g/mol. The molecule has 1 heterocycles. The van der Waals surface area contributed by atoms with Crippen LogP contribution < -0.4 is 5.32 Å². The summed E-state index contributed by atoms with van der Waals surface area (Å²) in [6, 6.07) is 0. The molecule has 74 valence electrons. The molecule has 0 aromatic heterocycles. The Kier molecular flexibility index (Phi) is 2.02. The number of hydrogen-bond donors (Lipinski definition) is 4. The molecule has 5 heteroatoms. The molecule has 1 aliphatic carbocycles. The number of hydrogen-bond acceptors (Lipinski definition) is 4. The number of aliphatic hydroxyl groups is 2. The predicted octanol–water partition coefficient (Wildman–Crippen LogP) is -1.05. The van der Waals surface area contributed by atoms with E-state index in [-0.39, 0.29) is 11.8 Å². The standard InChI is InChI=1S/C8H13NO4/c10-6-3-1-2-4(8(12)13)5(3)7(11)9-6/h3-7,9-11H,1-2H2,(H,12,13). The van der Waals surface area contributed by atoms with Crippen LogP contribution in [-0.2, 0) is 4.79 Å². The van der Waals surface area contributed by atoms with Gasteiger partial charge in [0.05, 0.1) is 5.92 Å². The molecule has 0 spiro atoms. The van der Waals surface area contributed by atoms with Crippen LogP contribution in [0.4, 0.5) is 0 Å². The van der Waals surface area contributed by atoms with Crippen molar-refractivity contribution in [1.29, 1.82) is 0 Å². The number of nitrogens with one attached hydrogen (secondary N) is 1. The highest BCUT2D eigenvalue weighted by Gasteiger charge is 2.51. The van der Waals surface area contributed by atoms with E-state index in [1.165, 1.54) is 0 Å². The van der Waals surface area contributed by atoms with E-state index in [2.05, 4.69) is 5.32 Å². The molecule has 13 heavy (non-hydrogen) atoms. The fraction of sp³-hybridized carbons (Fsp3) is 0.875. The van der Waals surface area contributed by atoms with Crippen LogP contribution in [0.25, 0.3) is 0 Å². The summed E-state index contributed by atoms with van der Waals surface area (Å²) in [6.45, 7) is 0. The van der Waals surface area contributed by atoms with Gasteiger partial charge < -0.3 is 15.3 Å². The highest BCUT2D eigenvalue weighted by molar-refractivity contribution is 5.71. The minimum atomic E-state index is -0.873. The molecule has 2 rings (SSSR count). The van der Waals surface area contributed by atoms with Gasteiger partial charge in [-0.05, 0) is 12.8 Å². The van der Waals surface area contributed by atoms with Crippen LogP contribution in [-0.4, -0.2) is 33.7 Å². The maximum atomic E-state index is 10.8. The fourth-order valence-corrected chi connectivity index (χ4v) is 2.58. The molecule has 5 nitrogen and oxygen atoms in total. The molecule has 2 fully saturated rings. The Labute approximate surface area is 75.4 Å². The Hall–Kier alpha value is -0.650. The van der Waals surface area contributed by atoms with Gasteiger partial charge in [0.2, 0.25) is 0 Å². The maximum absolute atomic E-state index is 10.8. The van der Waals surface area contributed by atoms with Crippen molar-refractivity contribution in [3.63, 3.8) is 0 Å². The molecule has 0 bridgehead atoms. The van der Waals surface area contributed by atoms with Crippen LogP contribution in [0.3, 0.4) is 0 Å². The lowest BCUT2D eigenvalue weighted by Gasteiger charge is -2.16. The van der Waals surface area contributed by atoms with Gasteiger partial charge in [-0.2, -0.15) is 0 Å². The monoisotopic (exact) mass is 187 g/mol. The first-order chi connectivity index (χ1) is 6.11. The Morgan fingerprint density at radius 1 is 1.23 bits per heavy atom. The van der Waals surface area contributed by atoms with Crippen molar-refractivity contribution in [3.8, 4) is 0 Å². The van der Waals surface area contributed by atoms with Crippen LogP contribution in [0.15, 0.2) is 0 Å². The quantitative estimate of drug-likeness (QED) is 0.421.